The normalized spacial score (nSPS) is 12.6. The lowest BCUT2D eigenvalue weighted by molar-refractivity contribution is 0.768. The predicted molar refractivity (Wildman–Crippen MR) is 299 cm³/mol. The molecule has 2 nitrogen and oxygen atoms in total. The lowest BCUT2D eigenvalue weighted by Crippen LogP contribution is -2.28. The molecular formula is C69H46N2. The first-order valence-electron chi connectivity index (χ1n) is 24.6. The van der Waals surface area contributed by atoms with Crippen LogP contribution < -0.4 is 4.90 Å². The van der Waals surface area contributed by atoms with Gasteiger partial charge in [-0.05, 0) is 144 Å². The van der Waals surface area contributed by atoms with Crippen LogP contribution in [0.2, 0.25) is 0 Å². The van der Waals surface area contributed by atoms with Gasteiger partial charge in [-0.25, -0.2) is 0 Å². The fourth-order valence-electron chi connectivity index (χ4n) is 11.9. The molecule has 0 amide bonds. The molecule has 1 aliphatic rings. The van der Waals surface area contributed by atoms with E-state index in [-0.39, 0.29) is 0 Å². The summed E-state index contributed by atoms with van der Waals surface area (Å²) in [5, 5.41) is 7.55. The van der Waals surface area contributed by atoms with Crippen LogP contribution >= 0.6 is 0 Å². The second kappa shape index (κ2) is 16.5. The molecule has 1 aliphatic carbocycles. The third-order valence-electron chi connectivity index (χ3n) is 15.1. The fraction of sp³-hybridized carbons (Fsp3) is 0.0145. The molecule has 0 saturated heterocycles. The Kier molecular flexibility index (Phi) is 9.47. The maximum atomic E-state index is 2.43. The molecule has 0 saturated carbocycles. The van der Waals surface area contributed by atoms with E-state index < -0.39 is 5.41 Å². The Morgan fingerprint density at radius 3 is 1.58 bits per heavy atom. The molecule has 0 fully saturated rings. The summed E-state index contributed by atoms with van der Waals surface area (Å²) >= 11 is 0. The van der Waals surface area contributed by atoms with Gasteiger partial charge in [0.05, 0.1) is 16.4 Å². The van der Waals surface area contributed by atoms with Gasteiger partial charge in [0, 0.05) is 33.5 Å². The fourth-order valence-corrected chi connectivity index (χ4v) is 11.9. The van der Waals surface area contributed by atoms with Crippen LogP contribution in [0, 0.1) is 0 Å². The van der Waals surface area contributed by atoms with E-state index in [2.05, 4.69) is 289 Å². The summed E-state index contributed by atoms with van der Waals surface area (Å²) in [6, 6.07) is 103. The van der Waals surface area contributed by atoms with E-state index in [9.17, 15) is 0 Å². The second-order valence-electron chi connectivity index (χ2n) is 18.8. The summed E-state index contributed by atoms with van der Waals surface area (Å²) in [6.45, 7) is 0. The minimum atomic E-state index is -0.473. The third kappa shape index (κ3) is 6.42. The molecule has 0 spiro atoms. The van der Waals surface area contributed by atoms with Crippen LogP contribution in [0.4, 0.5) is 17.1 Å². The van der Waals surface area contributed by atoms with Gasteiger partial charge in [-0.2, -0.15) is 0 Å². The summed E-state index contributed by atoms with van der Waals surface area (Å²) in [4.78, 5) is 2.43. The van der Waals surface area contributed by atoms with Crippen LogP contribution in [0.5, 0.6) is 0 Å². The molecule has 0 aliphatic heterocycles. The molecule has 0 N–H and O–H groups in total. The molecule has 13 aromatic rings. The van der Waals surface area contributed by atoms with Gasteiger partial charge >= 0.3 is 0 Å². The van der Waals surface area contributed by atoms with Crippen LogP contribution in [0.3, 0.4) is 0 Å². The lowest BCUT2D eigenvalue weighted by atomic mass is 9.68. The predicted octanol–water partition coefficient (Wildman–Crippen LogP) is 18.3. The highest BCUT2D eigenvalue weighted by Crippen LogP contribution is 2.57. The Morgan fingerprint density at radius 2 is 0.831 bits per heavy atom. The highest BCUT2D eigenvalue weighted by molar-refractivity contribution is 6.12. The standard InChI is InChI=1S/C69H46N2/c1-4-18-51(19-5-1)69(52-20-6-2-7-21-52)65-29-14-12-25-61(65)63-46-56(41-43-66(63)69)70(55-39-33-49(34-40-55)58-27-16-28-59-57-24-11-10-17-48(57)35-42-60(58)59)54-37-31-47(32-38-54)50-36-44-68-64(45-50)62-26-13-15-30-67(62)71(68)53-22-8-3-9-23-53/h1-46H. The minimum absolute atomic E-state index is 0.473. The van der Waals surface area contributed by atoms with Gasteiger partial charge in [-0.15, -0.1) is 0 Å². The van der Waals surface area contributed by atoms with Crippen molar-refractivity contribution in [3.05, 3.63) is 301 Å². The zero-order valence-electron chi connectivity index (χ0n) is 39.0. The van der Waals surface area contributed by atoms with Gasteiger partial charge in [-0.3, -0.25) is 0 Å². The summed E-state index contributed by atoms with van der Waals surface area (Å²) in [5.74, 6) is 0. The van der Waals surface area contributed by atoms with Crippen LogP contribution in [-0.4, -0.2) is 4.57 Å². The van der Waals surface area contributed by atoms with Crippen molar-refractivity contribution in [1.29, 1.82) is 0 Å². The first-order chi connectivity index (χ1) is 35.2. The first-order valence-corrected chi connectivity index (χ1v) is 24.6. The van der Waals surface area contributed by atoms with Crippen molar-refractivity contribution in [2.45, 2.75) is 5.41 Å². The molecule has 0 unspecified atom stereocenters. The number of fused-ring (bicyclic) bond motifs is 9. The number of hydrogen-bond donors (Lipinski definition) is 0. The molecule has 71 heavy (non-hydrogen) atoms. The number of hydrogen-bond acceptors (Lipinski definition) is 1. The molecule has 12 aromatic carbocycles. The Balaban J connectivity index is 0.917. The van der Waals surface area contributed by atoms with E-state index in [1.807, 2.05) is 0 Å². The van der Waals surface area contributed by atoms with Crippen molar-refractivity contribution < 1.29 is 0 Å². The summed E-state index contributed by atoms with van der Waals surface area (Å²) in [6.07, 6.45) is 0. The molecule has 1 aromatic heterocycles. The zero-order chi connectivity index (χ0) is 46.9. The lowest BCUT2D eigenvalue weighted by Gasteiger charge is -2.34. The Morgan fingerprint density at radius 1 is 0.282 bits per heavy atom. The Labute approximate surface area is 413 Å². The minimum Gasteiger partial charge on any atom is -0.310 e. The van der Waals surface area contributed by atoms with Crippen molar-refractivity contribution in [3.8, 4) is 39.1 Å². The first kappa shape index (κ1) is 40.8. The SMILES string of the molecule is c1ccc(-n2c3ccccc3c3cc(-c4ccc(N(c5ccc(-c6cccc7c6ccc6ccccc67)cc5)c5ccc6c(c5)-c5ccccc5C6(c5ccccc5)c5ccccc5)cc4)ccc32)cc1. The van der Waals surface area contributed by atoms with E-state index in [0.29, 0.717) is 0 Å². The molecule has 2 heteroatoms. The molecule has 14 rings (SSSR count). The van der Waals surface area contributed by atoms with Crippen molar-refractivity contribution in [2.24, 2.45) is 0 Å². The smallest absolute Gasteiger partial charge is 0.0713 e. The van der Waals surface area contributed by atoms with E-state index >= 15 is 0 Å². The van der Waals surface area contributed by atoms with Gasteiger partial charge < -0.3 is 9.47 Å². The molecule has 0 radical (unpaired) electrons. The molecule has 0 bridgehead atoms. The van der Waals surface area contributed by atoms with Crippen molar-refractivity contribution in [1.82, 2.24) is 4.57 Å². The summed E-state index contributed by atoms with van der Waals surface area (Å²) in [7, 11) is 0. The molecule has 332 valence electrons. The highest BCUT2D eigenvalue weighted by Gasteiger charge is 2.46. The average molecular weight is 903 g/mol. The number of rotatable bonds is 8. The number of nitrogens with zero attached hydrogens (tertiary/aromatic N) is 2. The monoisotopic (exact) mass is 902 g/mol. The van der Waals surface area contributed by atoms with Crippen LogP contribution in [-0.2, 0) is 5.41 Å². The van der Waals surface area contributed by atoms with Gasteiger partial charge in [0.2, 0.25) is 0 Å². The molecular weight excluding hydrogens is 857 g/mol. The van der Waals surface area contributed by atoms with Crippen LogP contribution in [0.25, 0.3) is 82.4 Å². The Bertz CT molecular complexity index is 4090. The van der Waals surface area contributed by atoms with E-state index in [4.69, 9.17) is 0 Å². The van der Waals surface area contributed by atoms with Gasteiger partial charge in [0.1, 0.15) is 0 Å². The summed E-state index contributed by atoms with van der Waals surface area (Å²) < 4.78 is 2.38. The maximum absolute atomic E-state index is 2.43. The topological polar surface area (TPSA) is 8.17 Å². The van der Waals surface area contributed by atoms with Gasteiger partial charge in [-0.1, -0.05) is 212 Å². The van der Waals surface area contributed by atoms with Crippen molar-refractivity contribution in [3.63, 3.8) is 0 Å². The van der Waals surface area contributed by atoms with Crippen LogP contribution in [0.1, 0.15) is 22.3 Å². The quantitative estimate of drug-likeness (QED) is 0.138. The number of benzene rings is 12. The third-order valence-corrected chi connectivity index (χ3v) is 15.1. The van der Waals surface area contributed by atoms with Gasteiger partial charge in [0.15, 0.2) is 0 Å². The van der Waals surface area contributed by atoms with Gasteiger partial charge in [0.25, 0.3) is 0 Å². The summed E-state index contributed by atoms with van der Waals surface area (Å²) in [5.41, 5.74) is 18.8. The molecule has 1 heterocycles. The van der Waals surface area contributed by atoms with E-state index in [1.54, 1.807) is 0 Å². The number of anilines is 3. The van der Waals surface area contributed by atoms with Crippen molar-refractivity contribution >= 4 is 60.4 Å². The molecule has 0 atom stereocenters. The maximum Gasteiger partial charge on any atom is 0.0713 e. The number of para-hydroxylation sites is 2. The number of aromatic nitrogens is 1. The zero-order valence-corrected chi connectivity index (χ0v) is 39.0. The van der Waals surface area contributed by atoms with Crippen molar-refractivity contribution in [2.75, 3.05) is 4.90 Å². The second-order valence-corrected chi connectivity index (χ2v) is 18.8. The highest BCUT2D eigenvalue weighted by atomic mass is 15.1. The van der Waals surface area contributed by atoms with E-state index in [0.717, 1.165) is 22.7 Å². The Hall–Kier alpha value is -9.24. The average Bonchev–Trinajstić information content (AvgIpc) is 3.94. The largest absolute Gasteiger partial charge is 0.310 e. The van der Waals surface area contributed by atoms with E-state index in [1.165, 1.54) is 99.0 Å². The van der Waals surface area contributed by atoms with Crippen LogP contribution in [0.15, 0.2) is 279 Å².